The molecule has 0 radical (unpaired) electrons. The standard InChI is InChI=1S/C31H22N3O/c1-20-11-16-24-26-18-25(23-14-12-22(13-15-23)21-8-4-3-5-9-21)27(19-32)33-31(26)35-30(24)29(20)28-10-6-7-17-34(28)2/h3-18H,1-2H3/q+1. The van der Waals surface area contributed by atoms with E-state index in [0.717, 1.165) is 55.4 Å². The first-order chi connectivity index (χ1) is 17.1. The Balaban J connectivity index is 1.55. The Morgan fingerprint density at radius 1 is 0.800 bits per heavy atom. The lowest BCUT2D eigenvalue weighted by Gasteiger charge is -2.07. The fourth-order valence-corrected chi connectivity index (χ4v) is 4.74. The summed E-state index contributed by atoms with van der Waals surface area (Å²) in [5.74, 6) is 0. The molecule has 6 aromatic rings. The van der Waals surface area contributed by atoms with Gasteiger partial charge in [-0.05, 0) is 41.3 Å². The molecule has 35 heavy (non-hydrogen) atoms. The van der Waals surface area contributed by atoms with Crippen LogP contribution in [-0.2, 0) is 7.05 Å². The first kappa shape index (κ1) is 20.8. The normalized spacial score (nSPS) is 11.1. The minimum Gasteiger partial charge on any atom is -0.437 e. The van der Waals surface area contributed by atoms with Crippen LogP contribution in [0.1, 0.15) is 11.3 Å². The number of aryl methyl sites for hydroxylation is 2. The highest BCUT2D eigenvalue weighted by Gasteiger charge is 2.22. The van der Waals surface area contributed by atoms with Gasteiger partial charge in [-0.3, -0.25) is 0 Å². The van der Waals surface area contributed by atoms with Gasteiger partial charge in [0.05, 0.1) is 5.56 Å². The summed E-state index contributed by atoms with van der Waals surface area (Å²) in [4.78, 5) is 4.64. The summed E-state index contributed by atoms with van der Waals surface area (Å²) in [7, 11) is 2.03. The third-order valence-electron chi connectivity index (χ3n) is 6.56. The maximum absolute atomic E-state index is 9.90. The summed E-state index contributed by atoms with van der Waals surface area (Å²) in [5.41, 5.74) is 8.88. The van der Waals surface area contributed by atoms with Crippen LogP contribution in [0.4, 0.5) is 0 Å². The van der Waals surface area contributed by atoms with Crippen molar-refractivity contribution in [3.05, 3.63) is 108 Å². The van der Waals surface area contributed by atoms with Crippen molar-refractivity contribution in [1.82, 2.24) is 4.98 Å². The van der Waals surface area contributed by atoms with Crippen LogP contribution < -0.4 is 4.57 Å². The number of hydrogen-bond donors (Lipinski definition) is 0. The molecule has 0 saturated heterocycles. The van der Waals surface area contributed by atoms with Gasteiger partial charge in [-0.2, -0.15) is 5.26 Å². The van der Waals surface area contributed by atoms with Gasteiger partial charge in [0.25, 0.3) is 0 Å². The van der Waals surface area contributed by atoms with Crippen LogP contribution in [0, 0.1) is 18.3 Å². The second kappa shape index (κ2) is 8.23. The van der Waals surface area contributed by atoms with Gasteiger partial charge in [0.2, 0.25) is 11.4 Å². The highest BCUT2D eigenvalue weighted by atomic mass is 16.3. The molecule has 0 unspecified atom stereocenters. The number of pyridine rings is 2. The van der Waals surface area contributed by atoms with Crippen LogP contribution in [0.15, 0.2) is 102 Å². The van der Waals surface area contributed by atoms with Crippen molar-refractivity contribution in [2.45, 2.75) is 6.92 Å². The lowest BCUT2D eigenvalue weighted by Crippen LogP contribution is -2.30. The predicted molar refractivity (Wildman–Crippen MR) is 138 cm³/mol. The highest BCUT2D eigenvalue weighted by molar-refractivity contribution is 6.10. The van der Waals surface area contributed by atoms with E-state index >= 15 is 0 Å². The minimum atomic E-state index is 0.354. The first-order valence-corrected chi connectivity index (χ1v) is 11.5. The smallest absolute Gasteiger partial charge is 0.228 e. The van der Waals surface area contributed by atoms with Gasteiger partial charge in [0.15, 0.2) is 17.5 Å². The second-order valence-electron chi connectivity index (χ2n) is 8.73. The largest absolute Gasteiger partial charge is 0.437 e. The molecule has 3 heterocycles. The molecule has 0 spiro atoms. The zero-order chi connectivity index (χ0) is 23.9. The maximum Gasteiger partial charge on any atom is 0.228 e. The molecule has 0 aliphatic heterocycles. The molecule has 0 bridgehead atoms. The average molecular weight is 453 g/mol. The molecule has 3 aromatic heterocycles. The Hall–Kier alpha value is -4.75. The predicted octanol–water partition coefficient (Wildman–Crippen LogP) is 6.99. The maximum atomic E-state index is 9.90. The molecule has 0 N–H and O–H groups in total. The number of nitrogens with zero attached hydrogens (tertiary/aromatic N) is 3. The molecule has 166 valence electrons. The zero-order valence-electron chi connectivity index (χ0n) is 19.5. The van der Waals surface area contributed by atoms with Crippen molar-refractivity contribution < 1.29 is 8.98 Å². The summed E-state index contributed by atoms with van der Waals surface area (Å²) in [6.07, 6.45) is 2.03. The molecule has 0 atom stereocenters. The molecule has 3 aromatic carbocycles. The molecule has 0 fully saturated rings. The number of nitriles is 1. The quantitative estimate of drug-likeness (QED) is 0.272. The molecule has 6 rings (SSSR count). The molecule has 0 aliphatic carbocycles. The van der Waals surface area contributed by atoms with Crippen molar-refractivity contribution in [2.75, 3.05) is 0 Å². The fourth-order valence-electron chi connectivity index (χ4n) is 4.74. The van der Waals surface area contributed by atoms with E-state index in [-0.39, 0.29) is 0 Å². The molecule has 4 heteroatoms. The Labute approximate surface area is 203 Å². The number of rotatable bonds is 3. The Morgan fingerprint density at radius 3 is 2.26 bits per heavy atom. The molecular formula is C31H22N3O+. The highest BCUT2D eigenvalue weighted by Crippen LogP contribution is 2.38. The summed E-state index contributed by atoms with van der Waals surface area (Å²) in [6, 6.07) is 33.1. The lowest BCUT2D eigenvalue weighted by molar-refractivity contribution is -0.660. The molecule has 0 aliphatic rings. The second-order valence-corrected chi connectivity index (χ2v) is 8.73. The van der Waals surface area contributed by atoms with E-state index in [0.29, 0.717) is 11.4 Å². The van der Waals surface area contributed by atoms with Gasteiger partial charge in [0, 0.05) is 28.5 Å². The number of aromatic nitrogens is 2. The zero-order valence-corrected chi connectivity index (χ0v) is 19.5. The number of fused-ring (bicyclic) bond motifs is 3. The van der Waals surface area contributed by atoms with E-state index in [4.69, 9.17) is 4.42 Å². The van der Waals surface area contributed by atoms with E-state index in [9.17, 15) is 5.26 Å². The van der Waals surface area contributed by atoms with Crippen LogP contribution >= 0.6 is 0 Å². The van der Waals surface area contributed by atoms with Crippen molar-refractivity contribution >= 4 is 22.1 Å². The SMILES string of the molecule is Cc1ccc2c(oc3nc(C#N)c(-c4ccc(-c5ccccc5)cc4)cc32)c1-c1cccc[n+]1C. The summed E-state index contributed by atoms with van der Waals surface area (Å²) in [5, 5.41) is 11.8. The Bertz CT molecular complexity index is 1760. The number of benzene rings is 3. The van der Waals surface area contributed by atoms with Crippen molar-refractivity contribution in [2.24, 2.45) is 7.05 Å². The van der Waals surface area contributed by atoms with Crippen LogP contribution in [0.2, 0.25) is 0 Å². The van der Waals surface area contributed by atoms with Crippen molar-refractivity contribution in [3.8, 4) is 39.6 Å². The van der Waals surface area contributed by atoms with E-state index in [1.807, 2.05) is 61.8 Å². The van der Waals surface area contributed by atoms with Crippen LogP contribution in [0.5, 0.6) is 0 Å². The van der Waals surface area contributed by atoms with E-state index < -0.39 is 0 Å². The van der Waals surface area contributed by atoms with Crippen LogP contribution in [0.25, 0.3) is 55.6 Å². The van der Waals surface area contributed by atoms with Crippen LogP contribution in [0.3, 0.4) is 0 Å². The molecule has 4 nitrogen and oxygen atoms in total. The molecular weight excluding hydrogens is 430 g/mol. The van der Waals surface area contributed by atoms with E-state index in [1.165, 1.54) is 0 Å². The third-order valence-corrected chi connectivity index (χ3v) is 6.56. The summed E-state index contributed by atoms with van der Waals surface area (Å²) < 4.78 is 8.39. The minimum absolute atomic E-state index is 0.354. The first-order valence-electron chi connectivity index (χ1n) is 11.5. The molecule has 0 saturated carbocycles. The van der Waals surface area contributed by atoms with Gasteiger partial charge < -0.3 is 4.42 Å². The van der Waals surface area contributed by atoms with Crippen molar-refractivity contribution in [1.29, 1.82) is 5.26 Å². The monoisotopic (exact) mass is 452 g/mol. The topological polar surface area (TPSA) is 53.7 Å². The van der Waals surface area contributed by atoms with E-state index in [1.54, 1.807) is 0 Å². The lowest BCUT2D eigenvalue weighted by atomic mass is 9.97. The van der Waals surface area contributed by atoms with Gasteiger partial charge in [0.1, 0.15) is 13.1 Å². The van der Waals surface area contributed by atoms with Gasteiger partial charge in [-0.1, -0.05) is 66.7 Å². The van der Waals surface area contributed by atoms with Crippen molar-refractivity contribution in [3.63, 3.8) is 0 Å². The van der Waals surface area contributed by atoms with Gasteiger partial charge >= 0.3 is 0 Å². The number of hydrogen-bond acceptors (Lipinski definition) is 3. The van der Waals surface area contributed by atoms with Crippen LogP contribution in [-0.4, -0.2) is 4.98 Å². The fraction of sp³-hybridized carbons (Fsp3) is 0.0645. The summed E-state index contributed by atoms with van der Waals surface area (Å²) in [6.45, 7) is 2.09. The molecule has 0 amide bonds. The summed E-state index contributed by atoms with van der Waals surface area (Å²) >= 11 is 0. The van der Waals surface area contributed by atoms with Gasteiger partial charge in [-0.15, -0.1) is 0 Å². The average Bonchev–Trinajstić information content (AvgIpc) is 3.26. The van der Waals surface area contributed by atoms with Gasteiger partial charge in [-0.25, -0.2) is 9.55 Å². The Kier molecular flexibility index (Phi) is 4.90. The van der Waals surface area contributed by atoms with E-state index in [2.05, 4.69) is 65.0 Å². The number of furan rings is 1. The third kappa shape index (κ3) is 3.46. The Morgan fingerprint density at radius 2 is 1.51 bits per heavy atom.